The number of benzene rings is 2. The predicted molar refractivity (Wildman–Crippen MR) is 113 cm³/mol. The minimum absolute atomic E-state index is 0.0152. The summed E-state index contributed by atoms with van der Waals surface area (Å²) in [5.74, 6) is -1.62. The number of nitrogens with one attached hydrogen (secondary N) is 2. The zero-order valence-electron chi connectivity index (χ0n) is 15.8. The van der Waals surface area contributed by atoms with Crippen molar-refractivity contribution in [3.05, 3.63) is 85.2 Å². The molecule has 164 valence electrons. The lowest BCUT2D eigenvalue weighted by molar-refractivity contribution is 0.0551. The van der Waals surface area contributed by atoms with E-state index in [1.807, 2.05) is 0 Å². The van der Waals surface area contributed by atoms with E-state index in [1.165, 1.54) is 6.07 Å². The quantitative estimate of drug-likeness (QED) is 0.289. The Morgan fingerprint density at radius 2 is 1.72 bits per heavy atom. The standard InChI is InChI=1S/C20H11Cl2F3N4O3/c21-12-7-11(23)5-6-13(12)27-15-14(16(30)17(15)31)26-8-9-1-3-10(4-2-9)18-28-19(32-29-18)20(22,24)25/h1-7,26-27H,8H2. The largest absolute Gasteiger partial charge is 0.400 e. The minimum Gasteiger partial charge on any atom is -0.376 e. The van der Waals surface area contributed by atoms with Gasteiger partial charge in [0.05, 0.1) is 10.7 Å². The lowest BCUT2D eigenvalue weighted by Gasteiger charge is -2.15. The van der Waals surface area contributed by atoms with Crippen LogP contribution in [-0.2, 0) is 11.9 Å². The highest BCUT2D eigenvalue weighted by molar-refractivity contribution is 6.33. The Kier molecular flexibility index (Phi) is 5.66. The van der Waals surface area contributed by atoms with E-state index >= 15 is 0 Å². The van der Waals surface area contributed by atoms with Crippen LogP contribution in [0.4, 0.5) is 30.2 Å². The van der Waals surface area contributed by atoms with Crippen molar-refractivity contribution in [1.82, 2.24) is 10.1 Å². The van der Waals surface area contributed by atoms with Crippen molar-refractivity contribution in [3.8, 4) is 11.4 Å². The van der Waals surface area contributed by atoms with Gasteiger partial charge in [0.25, 0.3) is 10.9 Å². The number of alkyl halides is 3. The number of hydrogen-bond donors (Lipinski definition) is 2. The second-order valence-corrected chi connectivity index (χ2v) is 7.51. The fraction of sp³-hybridized carbons (Fsp3) is 0.100. The minimum atomic E-state index is -3.76. The van der Waals surface area contributed by atoms with Gasteiger partial charge < -0.3 is 15.2 Å². The SMILES string of the molecule is O=c1c(NCc2ccc(-c3noc(C(F)(F)Cl)n3)cc2)c(Nc2ccc(F)cc2Cl)c1=O. The molecule has 0 unspecified atom stereocenters. The van der Waals surface area contributed by atoms with E-state index in [2.05, 4.69) is 25.3 Å². The molecular weight excluding hydrogens is 472 g/mol. The van der Waals surface area contributed by atoms with Crippen molar-refractivity contribution < 1.29 is 17.7 Å². The van der Waals surface area contributed by atoms with E-state index in [0.29, 0.717) is 11.1 Å². The van der Waals surface area contributed by atoms with Crippen molar-refractivity contribution in [1.29, 1.82) is 0 Å². The molecule has 4 aromatic rings. The number of hydrogen-bond acceptors (Lipinski definition) is 7. The Morgan fingerprint density at radius 1 is 1.03 bits per heavy atom. The van der Waals surface area contributed by atoms with Gasteiger partial charge in [-0.1, -0.05) is 41.0 Å². The van der Waals surface area contributed by atoms with Crippen LogP contribution >= 0.6 is 23.2 Å². The molecule has 32 heavy (non-hydrogen) atoms. The van der Waals surface area contributed by atoms with Gasteiger partial charge in [-0.2, -0.15) is 13.8 Å². The Morgan fingerprint density at radius 3 is 2.34 bits per heavy atom. The van der Waals surface area contributed by atoms with Crippen LogP contribution in [0.2, 0.25) is 5.02 Å². The van der Waals surface area contributed by atoms with Crippen LogP contribution in [0, 0.1) is 5.82 Å². The Labute approximate surface area is 187 Å². The Bertz CT molecular complexity index is 1360. The lowest BCUT2D eigenvalue weighted by atomic mass is 10.1. The topological polar surface area (TPSA) is 97.1 Å². The maximum Gasteiger partial charge on any atom is 0.400 e. The average Bonchev–Trinajstić information content (AvgIpc) is 3.25. The van der Waals surface area contributed by atoms with E-state index < -0.39 is 27.9 Å². The van der Waals surface area contributed by atoms with Gasteiger partial charge in [0.1, 0.15) is 17.2 Å². The molecule has 0 saturated heterocycles. The van der Waals surface area contributed by atoms with Crippen LogP contribution in [0.15, 0.2) is 56.6 Å². The zero-order chi connectivity index (χ0) is 23.0. The highest BCUT2D eigenvalue weighted by Crippen LogP contribution is 2.32. The van der Waals surface area contributed by atoms with Crippen LogP contribution in [-0.4, -0.2) is 10.1 Å². The molecule has 3 aromatic carbocycles. The molecule has 0 aliphatic carbocycles. The summed E-state index contributed by atoms with van der Waals surface area (Å²) < 4.78 is 43.6. The van der Waals surface area contributed by atoms with E-state index in [-0.39, 0.29) is 34.5 Å². The molecule has 1 heterocycles. The molecule has 0 aliphatic rings. The summed E-state index contributed by atoms with van der Waals surface area (Å²) >= 11 is 10.8. The molecule has 0 saturated carbocycles. The number of aromatic nitrogens is 2. The third kappa shape index (κ3) is 4.32. The first kappa shape index (κ1) is 21.8. The fourth-order valence-electron chi connectivity index (χ4n) is 2.82. The maximum atomic E-state index is 13.2. The van der Waals surface area contributed by atoms with Crippen molar-refractivity contribution in [2.45, 2.75) is 11.9 Å². The van der Waals surface area contributed by atoms with Crippen LogP contribution < -0.4 is 21.5 Å². The highest BCUT2D eigenvalue weighted by atomic mass is 35.5. The van der Waals surface area contributed by atoms with Gasteiger partial charge in [-0.15, -0.1) is 0 Å². The van der Waals surface area contributed by atoms with Gasteiger partial charge >= 0.3 is 11.3 Å². The summed E-state index contributed by atoms with van der Waals surface area (Å²) in [6.45, 7) is 0.175. The zero-order valence-corrected chi connectivity index (χ0v) is 17.3. The first-order chi connectivity index (χ1) is 15.1. The molecule has 0 amide bonds. The third-order valence-electron chi connectivity index (χ3n) is 4.45. The van der Waals surface area contributed by atoms with E-state index in [1.54, 1.807) is 24.3 Å². The number of anilines is 3. The van der Waals surface area contributed by atoms with Crippen LogP contribution in [0.25, 0.3) is 11.4 Å². The first-order valence-corrected chi connectivity index (χ1v) is 9.68. The van der Waals surface area contributed by atoms with Gasteiger partial charge in [-0.25, -0.2) is 4.39 Å². The third-order valence-corrected chi connectivity index (χ3v) is 4.93. The average molecular weight is 483 g/mol. The van der Waals surface area contributed by atoms with Gasteiger partial charge in [0.2, 0.25) is 5.82 Å². The van der Waals surface area contributed by atoms with E-state index in [4.69, 9.17) is 23.2 Å². The maximum absolute atomic E-state index is 13.2. The number of rotatable bonds is 7. The molecule has 0 aliphatic heterocycles. The van der Waals surface area contributed by atoms with Gasteiger partial charge in [0.15, 0.2) is 0 Å². The normalized spacial score (nSPS) is 11.7. The van der Waals surface area contributed by atoms with Gasteiger partial charge in [-0.3, -0.25) is 9.59 Å². The molecule has 0 fully saturated rings. The van der Waals surface area contributed by atoms with Crippen molar-refractivity contribution in [2.75, 3.05) is 10.6 Å². The molecule has 7 nitrogen and oxygen atoms in total. The van der Waals surface area contributed by atoms with Crippen molar-refractivity contribution in [3.63, 3.8) is 0 Å². The second kappa shape index (κ2) is 8.29. The van der Waals surface area contributed by atoms with Crippen LogP contribution in [0.5, 0.6) is 0 Å². The molecule has 4 rings (SSSR count). The Hall–Kier alpha value is -3.37. The van der Waals surface area contributed by atoms with Crippen molar-refractivity contribution >= 4 is 40.3 Å². The Balaban J connectivity index is 1.45. The molecule has 0 radical (unpaired) electrons. The summed E-state index contributed by atoms with van der Waals surface area (Å²) in [5, 5.41) is 5.35. The van der Waals surface area contributed by atoms with Crippen LogP contribution in [0.3, 0.4) is 0 Å². The van der Waals surface area contributed by atoms with Crippen LogP contribution in [0.1, 0.15) is 11.5 Å². The monoisotopic (exact) mass is 482 g/mol. The van der Waals surface area contributed by atoms with Gasteiger partial charge in [0, 0.05) is 12.1 Å². The highest BCUT2D eigenvalue weighted by Gasteiger charge is 2.35. The molecule has 0 atom stereocenters. The van der Waals surface area contributed by atoms with Gasteiger partial charge in [-0.05, 0) is 35.4 Å². The number of nitrogens with zero attached hydrogens (tertiary/aromatic N) is 2. The molecule has 1 aromatic heterocycles. The summed E-state index contributed by atoms with van der Waals surface area (Å²) in [7, 11) is 0. The molecule has 12 heteroatoms. The summed E-state index contributed by atoms with van der Waals surface area (Å²) in [6, 6.07) is 10.0. The summed E-state index contributed by atoms with van der Waals surface area (Å²) in [5.41, 5.74) is 0.0321. The molecule has 0 spiro atoms. The van der Waals surface area contributed by atoms with E-state index in [9.17, 15) is 22.8 Å². The molecule has 0 bridgehead atoms. The molecular formula is C20H11Cl2F3N4O3. The summed E-state index contributed by atoms with van der Waals surface area (Å²) in [6.07, 6.45) is 0. The number of halogens is 5. The fourth-order valence-corrected chi connectivity index (χ4v) is 3.11. The lowest BCUT2D eigenvalue weighted by Crippen LogP contribution is -2.36. The van der Waals surface area contributed by atoms with E-state index in [0.717, 1.165) is 12.1 Å². The smallest absolute Gasteiger partial charge is 0.376 e. The summed E-state index contributed by atoms with van der Waals surface area (Å²) in [4.78, 5) is 27.4. The first-order valence-electron chi connectivity index (χ1n) is 8.93. The molecule has 2 N–H and O–H groups in total. The van der Waals surface area contributed by atoms with Crippen molar-refractivity contribution in [2.24, 2.45) is 0 Å². The predicted octanol–water partition coefficient (Wildman–Crippen LogP) is 4.77. The second-order valence-electron chi connectivity index (χ2n) is 6.63.